The fraction of sp³-hybridized carbons (Fsp3) is 0.217. The molecule has 0 radical (unpaired) electrons. The fourth-order valence-electron chi connectivity index (χ4n) is 4.42. The van der Waals surface area contributed by atoms with Gasteiger partial charge in [0.05, 0.1) is 23.6 Å². The fourth-order valence-corrected chi connectivity index (χ4v) is 4.42. The molecule has 5 heterocycles. The van der Waals surface area contributed by atoms with Crippen molar-refractivity contribution in [2.24, 2.45) is 0 Å². The molecule has 29 heavy (non-hydrogen) atoms. The predicted molar refractivity (Wildman–Crippen MR) is 111 cm³/mol. The van der Waals surface area contributed by atoms with E-state index in [4.69, 9.17) is 4.98 Å². The van der Waals surface area contributed by atoms with Gasteiger partial charge in [-0.15, -0.1) is 0 Å². The minimum Gasteiger partial charge on any atom is -0.357 e. The molecule has 0 bridgehead atoms. The van der Waals surface area contributed by atoms with Crippen molar-refractivity contribution in [3.63, 3.8) is 0 Å². The summed E-state index contributed by atoms with van der Waals surface area (Å²) in [4.78, 5) is 12.0. The van der Waals surface area contributed by atoms with Crippen molar-refractivity contribution < 1.29 is 4.39 Å². The van der Waals surface area contributed by atoms with Gasteiger partial charge in [-0.05, 0) is 48.7 Å². The first-order valence-corrected chi connectivity index (χ1v) is 10.0. The Labute approximate surface area is 168 Å². The molecule has 1 aromatic carbocycles. The number of rotatable bonds is 2. The Morgan fingerprint density at radius 2 is 1.76 bits per heavy atom. The van der Waals surface area contributed by atoms with Crippen molar-refractivity contribution in [3.05, 3.63) is 72.6 Å². The molecule has 0 saturated carbocycles. The predicted octanol–water partition coefficient (Wildman–Crippen LogP) is 4.50. The Bertz CT molecular complexity index is 1200. The average molecular weight is 385 g/mol. The SMILES string of the molecule is Fc1ccc(-c2cc3n(c2)Cc2nc(N4CCCC4)ccc2-n2ccnc2-3)cc1. The van der Waals surface area contributed by atoms with Gasteiger partial charge in [0.2, 0.25) is 0 Å². The molecule has 3 aromatic heterocycles. The molecule has 0 N–H and O–H groups in total. The van der Waals surface area contributed by atoms with Crippen LogP contribution in [0.1, 0.15) is 18.5 Å². The summed E-state index contributed by atoms with van der Waals surface area (Å²) in [5, 5.41) is 0. The molecule has 0 amide bonds. The minimum absolute atomic E-state index is 0.224. The van der Waals surface area contributed by atoms with Gasteiger partial charge in [0.15, 0.2) is 5.82 Å². The van der Waals surface area contributed by atoms with Gasteiger partial charge in [0, 0.05) is 37.2 Å². The van der Waals surface area contributed by atoms with E-state index in [2.05, 4.69) is 43.4 Å². The second kappa shape index (κ2) is 6.30. The van der Waals surface area contributed by atoms with Crippen LogP contribution in [0.3, 0.4) is 0 Å². The molecule has 1 saturated heterocycles. The highest BCUT2D eigenvalue weighted by Crippen LogP contribution is 2.34. The topological polar surface area (TPSA) is 38.9 Å². The third-order valence-corrected chi connectivity index (χ3v) is 5.89. The van der Waals surface area contributed by atoms with E-state index in [0.29, 0.717) is 6.54 Å². The van der Waals surface area contributed by atoms with Crippen LogP contribution in [-0.4, -0.2) is 32.2 Å². The van der Waals surface area contributed by atoms with E-state index >= 15 is 0 Å². The van der Waals surface area contributed by atoms with Gasteiger partial charge in [0.1, 0.15) is 11.6 Å². The largest absolute Gasteiger partial charge is 0.357 e. The number of benzene rings is 1. The standard InChI is InChI=1S/C23H20FN5/c24-18-5-3-16(4-6-18)17-13-21-23-25-9-12-29(23)20-7-8-22(27-10-1-2-11-27)26-19(20)15-28(21)14-17/h3-9,12-14H,1-2,10-11,15H2. The van der Waals surface area contributed by atoms with Crippen molar-refractivity contribution in [3.8, 4) is 28.3 Å². The van der Waals surface area contributed by atoms with Gasteiger partial charge >= 0.3 is 0 Å². The van der Waals surface area contributed by atoms with E-state index < -0.39 is 0 Å². The number of pyridine rings is 1. The molecule has 0 atom stereocenters. The molecule has 4 aromatic rings. The van der Waals surface area contributed by atoms with Crippen LogP contribution in [0.5, 0.6) is 0 Å². The molecular formula is C23H20FN5. The lowest BCUT2D eigenvalue weighted by atomic mass is 10.1. The Kier molecular flexibility index (Phi) is 3.59. The number of nitrogens with zero attached hydrogens (tertiary/aromatic N) is 5. The number of aromatic nitrogens is 4. The lowest BCUT2D eigenvalue weighted by Crippen LogP contribution is -2.20. The molecule has 6 heteroatoms. The van der Waals surface area contributed by atoms with Crippen LogP contribution in [0.4, 0.5) is 10.2 Å². The highest BCUT2D eigenvalue weighted by molar-refractivity contribution is 5.71. The highest BCUT2D eigenvalue weighted by Gasteiger charge is 2.23. The number of fused-ring (bicyclic) bond motifs is 5. The maximum absolute atomic E-state index is 13.3. The van der Waals surface area contributed by atoms with Crippen LogP contribution in [0.25, 0.3) is 28.3 Å². The number of hydrogen-bond donors (Lipinski definition) is 0. The van der Waals surface area contributed by atoms with Crippen molar-refractivity contribution in [1.82, 2.24) is 19.1 Å². The van der Waals surface area contributed by atoms with Crippen LogP contribution < -0.4 is 4.90 Å². The van der Waals surface area contributed by atoms with Crippen molar-refractivity contribution in [1.29, 1.82) is 0 Å². The maximum atomic E-state index is 13.3. The van der Waals surface area contributed by atoms with E-state index in [0.717, 1.165) is 52.9 Å². The van der Waals surface area contributed by atoms with E-state index in [1.54, 1.807) is 0 Å². The monoisotopic (exact) mass is 385 g/mol. The number of imidazole rings is 1. The summed E-state index contributed by atoms with van der Waals surface area (Å²) in [7, 11) is 0. The number of anilines is 1. The van der Waals surface area contributed by atoms with Gasteiger partial charge in [-0.2, -0.15) is 0 Å². The maximum Gasteiger partial charge on any atom is 0.161 e. The van der Waals surface area contributed by atoms with Crippen molar-refractivity contribution in [2.75, 3.05) is 18.0 Å². The summed E-state index contributed by atoms with van der Waals surface area (Å²) in [6.45, 7) is 2.83. The van der Waals surface area contributed by atoms with Crippen LogP contribution in [0.2, 0.25) is 0 Å². The molecule has 144 valence electrons. The van der Waals surface area contributed by atoms with Gasteiger partial charge in [0.25, 0.3) is 0 Å². The molecule has 6 rings (SSSR count). The first-order valence-electron chi connectivity index (χ1n) is 10.0. The zero-order valence-corrected chi connectivity index (χ0v) is 15.9. The quantitative estimate of drug-likeness (QED) is 0.449. The number of hydrogen-bond acceptors (Lipinski definition) is 3. The van der Waals surface area contributed by atoms with Crippen LogP contribution in [-0.2, 0) is 6.54 Å². The molecule has 0 aliphatic carbocycles. The Morgan fingerprint density at radius 3 is 2.59 bits per heavy atom. The summed E-state index contributed by atoms with van der Waals surface area (Å²) < 4.78 is 17.7. The second-order valence-electron chi connectivity index (χ2n) is 7.70. The van der Waals surface area contributed by atoms with Crippen molar-refractivity contribution >= 4 is 5.82 Å². The molecule has 0 spiro atoms. The van der Waals surface area contributed by atoms with E-state index in [1.807, 2.05) is 24.5 Å². The number of halogens is 1. The third kappa shape index (κ3) is 2.67. The lowest BCUT2D eigenvalue weighted by molar-refractivity contribution is 0.628. The minimum atomic E-state index is -0.224. The Morgan fingerprint density at radius 1 is 0.931 bits per heavy atom. The van der Waals surface area contributed by atoms with Gasteiger partial charge in [-0.1, -0.05) is 12.1 Å². The molecule has 5 nitrogen and oxygen atoms in total. The highest BCUT2D eigenvalue weighted by atomic mass is 19.1. The van der Waals surface area contributed by atoms with Crippen LogP contribution in [0.15, 0.2) is 61.1 Å². The van der Waals surface area contributed by atoms with Crippen LogP contribution >= 0.6 is 0 Å². The summed E-state index contributed by atoms with van der Waals surface area (Å²) in [5.74, 6) is 1.72. The van der Waals surface area contributed by atoms with Crippen LogP contribution in [0, 0.1) is 5.82 Å². The summed E-state index contributed by atoms with van der Waals surface area (Å²) >= 11 is 0. The average Bonchev–Trinajstić information content (AvgIpc) is 3.48. The Balaban J connectivity index is 1.48. The third-order valence-electron chi connectivity index (χ3n) is 5.89. The summed E-state index contributed by atoms with van der Waals surface area (Å²) in [6.07, 6.45) is 8.39. The van der Waals surface area contributed by atoms with E-state index in [-0.39, 0.29) is 5.82 Å². The summed E-state index contributed by atoms with van der Waals surface area (Å²) in [5.41, 5.74) is 5.19. The first-order chi connectivity index (χ1) is 14.3. The molecule has 2 aliphatic heterocycles. The van der Waals surface area contributed by atoms with Crippen molar-refractivity contribution in [2.45, 2.75) is 19.4 Å². The Hall–Kier alpha value is -3.41. The first kappa shape index (κ1) is 16.5. The van der Waals surface area contributed by atoms with Gasteiger partial charge in [-0.3, -0.25) is 4.57 Å². The zero-order chi connectivity index (χ0) is 19.4. The van der Waals surface area contributed by atoms with Gasteiger partial charge < -0.3 is 9.47 Å². The second-order valence-corrected chi connectivity index (χ2v) is 7.70. The molecule has 1 fully saturated rings. The lowest BCUT2D eigenvalue weighted by Gasteiger charge is -2.18. The zero-order valence-electron chi connectivity index (χ0n) is 15.9. The van der Waals surface area contributed by atoms with E-state index in [9.17, 15) is 4.39 Å². The summed E-state index contributed by atoms with van der Waals surface area (Å²) in [6, 6.07) is 13.0. The molecule has 2 aliphatic rings. The van der Waals surface area contributed by atoms with Gasteiger partial charge in [-0.25, -0.2) is 14.4 Å². The normalized spacial score (nSPS) is 15.0. The van der Waals surface area contributed by atoms with E-state index in [1.165, 1.54) is 25.0 Å². The molecule has 0 unspecified atom stereocenters. The molecular weight excluding hydrogens is 365 g/mol. The smallest absolute Gasteiger partial charge is 0.161 e.